The summed E-state index contributed by atoms with van der Waals surface area (Å²) >= 11 is 3.44. The molecular weight excluding hydrogens is 254 g/mol. The highest BCUT2D eigenvalue weighted by Crippen LogP contribution is 2.41. The van der Waals surface area contributed by atoms with E-state index in [1.165, 1.54) is 5.56 Å². The van der Waals surface area contributed by atoms with Crippen molar-refractivity contribution in [2.45, 2.75) is 37.8 Å². The minimum Gasteiger partial charge on any atom is -0.391 e. The lowest BCUT2D eigenvalue weighted by atomic mass is 9.70. The van der Waals surface area contributed by atoms with Gasteiger partial charge in [-0.2, -0.15) is 0 Å². The molecule has 15 heavy (non-hydrogen) atoms. The van der Waals surface area contributed by atoms with Crippen molar-refractivity contribution in [3.63, 3.8) is 0 Å². The molecule has 0 saturated carbocycles. The van der Waals surface area contributed by atoms with Crippen LogP contribution in [0.5, 0.6) is 0 Å². The number of benzene rings is 1. The summed E-state index contributed by atoms with van der Waals surface area (Å²) in [5, 5.41) is 9.91. The van der Waals surface area contributed by atoms with E-state index < -0.39 is 6.10 Å². The van der Waals surface area contributed by atoms with Gasteiger partial charge in [0.1, 0.15) is 0 Å². The molecule has 1 aromatic rings. The van der Waals surface area contributed by atoms with Crippen molar-refractivity contribution in [3.8, 4) is 0 Å². The Morgan fingerprint density at radius 2 is 2.13 bits per heavy atom. The topological polar surface area (TPSA) is 46.2 Å². The lowest BCUT2D eigenvalue weighted by Gasteiger charge is -2.39. The number of nitrogens with two attached hydrogens (primary N) is 1. The minimum atomic E-state index is -0.443. The lowest BCUT2D eigenvalue weighted by molar-refractivity contribution is 0.0994. The Labute approximate surface area is 98.6 Å². The Morgan fingerprint density at radius 3 is 2.80 bits per heavy atom. The minimum absolute atomic E-state index is 0.00528. The SMILES string of the molecule is CC1(C)CC(O)[C@@H](N)c2cc(Br)ccc21. The fraction of sp³-hybridized carbons (Fsp3) is 0.500. The fourth-order valence-corrected chi connectivity index (χ4v) is 2.77. The molecular formula is C12H16BrNO. The van der Waals surface area contributed by atoms with Crippen LogP contribution in [0.4, 0.5) is 0 Å². The molecule has 3 N–H and O–H groups in total. The van der Waals surface area contributed by atoms with Gasteiger partial charge in [-0.25, -0.2) is 0 Å². The standard InChI is InChI=1S/C12H16BrNO/c1-12(2)6-10(15)11(14)8-5-7(13)3-4-9(8)12/h3-5,10-11,15H,6,14H2,1-2H3/t10?,11-/m0/s1. The highest BCUT2D eigenvalue weighted by atomic mass is 79.9. The first-order chi connectivity index (χ1) is 6.92. The molecule has 1 aromatic carbocycles. The van der Waals surface area contributed by atoms with Gasteiger partial charge >= 0.3 is 0 Å². The van der Waals surface area contributed by atoms with Crippen molar-refractivity contribution in [1.29, 1.82) is 0 Å². The summed E-state index contributed by atoms with van der Waals surface area (Å²) in [6, 6.07) is 5.89. The van der Waals surface area contributed by atoms with Crippen LogP contribution in [0.15, 0.2) is 22.7 Å². The van der Waals surface area contributed by atoms with Crippen LogP contribution in [-0.4, -0.2) is 11.2 Å². The molecule has 0 fully saturated rings. The highest BCUT2D eigenvalue weighted by molar-refractivity contribution is 9.10. The molecule has 0 spiro atoms. The van der Waals surface area contributed by atoms with Crippen LogP contribution in [0.25, 0.3) is 0 Å². The second-order valence-electron chi connectivity index (χ2n) is 4.91. The van der Waals surface area contributed by atoms with E-state index in [1.807, 2.05) is 12.1 Å². The largest absolute Gasteiger partial charge is 0.391 e. The van der Waals surface area contributed by atoms with Crippen LogP contribution in [0.3, 0.4) is 0 Å². The third kappa shape index (κ3) is 1.84. The molecule has 1 aliphatic rings. The van der Waals surface area contributed by atoms with Gasteiger partial charge < -0.3 is 10.8 Å². The summed E-state index contributed by atoms with van der Waals surface area (Å²) < 4.78 is 1.02. The molecule has 2 rings (SSSR count). The van der Waals surface area contributed by atoms with E-state index in [2.05, 4.69) is 35.8 Å². The molecule has 0 amide bonds. The van der Waals surface area contributed by atoms with Crippen LogP contribution in [-0.2, 0) is 5.41 Å². The van der Waals surface area contributed by atoms with Gasteiger partial charge in [-0.1, -0.05) is 35.8 Å². The lowest BCUT2D eigenvalue weighted by Crippen LogP contribution is -2.39. The molecule has 0 radical (unpaired) electrons. The van der Waals surface area contributed by atoms with Crippen LogP contribution in [0.2, 0.25) is 0 Å². The van der Waals surface area contributed by atoms with Gasteiger partial charge in [0.05, 0.1) is 12.1 Å². The van der Waals surface area contributed by atoms with Gasteiger partial charge in [0.2, 0.25) is 0 Å². The van der Waals surface area contributed by atoms with E-state index in [9.17, 15) is 5.11 Å². The zero-order valence-electron chi connectivity index (χ0n) is 9.00. The molecule has 2 atom stereocenters. The maximum absolute atomic E-state index is 9.91. The zero-order chi connectivity index (χ0) is 11.2. The van der Waals surface area contributed by atoms with Gasteiger partial charge in [-0.15, -0.1) is 0 Å². The average Bonchev–Trinajstić information content (AvgIpc) is 2.13. The van der Waals surface area contributed by atoms with Crippen molar-refractivity contribution >= 4 is 15.9 Å². The van der Waals surface area contributed by atoms with Crippen molar-refractivity contribution < 1.29 is 5.11 Å². The fourth-order valence-electron chi connectivity index (χ4n) is 2.39. The monoisotopic (exact) mass is 269 g/mol. The third-order valence-corrected chi connectivity index (χ3v) is 3.73. The Balaban J connectivity index is 2.59. The van der Waals surface area contributed by atoms with Crippen molar-refractivity contribution in [1.82, 2.24) is 0 Å². The summed E-state index contributed by atoms with van der Waals surface area (Å²) in [6.07, 6.45) is 0.282. The van der Waals surface area contributed by atoms with Crippen molar-refractivity contribution in [2.24, 2.45) is 5.73 Å². The first-order valence-electron chi connectivity index (χ1n) is 5.15. The third-order valence-electron chi connectivity index (χ3n) is 3.24. The van der Waals surface area contributed by atoms with Gasteiger partial charge in [0.15, 0.2) is 0 Å². The van der Waals surface area contributed by atoms with Crippen LogP contribution < -0.4 is 5.73 Å². The number of fused-ring (bicyclic) bond motifs is 1. The van der Waals surface area contributed by atoms with E-state index in [0.717, 1.165) is 16.5 Å². The van der Waals surface area contributed by atoms with Crippen molar-refractivity contribution in [2.75, 3.05) is 0 Å². The molecule has 3 heteroatoms. The van der Waals surface area contributed by atoms with Crippen LogP contribution >= 0.6 is 15.9 Å². The van der Waals surface area contributed by atoms with E-state index >= 15 is 0 Å². The maximum Gasteiger partial charge on any atom is 0.0741 e. The maximum atomic E-state index is 9.91. The summed E-state index contributed by atoms with van der Waals surface area (Å²) in [4.78, 5) is 0. The quantitative estimate of drug-likeness (QED) is 0.760. The van der Waals surface area contributed by atoms with Crippen LogP contribution in [0.1, 0.15) is 37.4 Å². The van der Waals surface area contributed by atoms with Gasteiger partial charge in [0, 0.05) is 4.47 Å². The number of halogens is 1. The summed E-state index contributed by atoms with van der Waals surface area (Å²) in [6.45, 7) is 4.30. The van der Waals surface area contributed by atoms with E-state index in [-0.39, 0.29) is 11.5 Å². The number of aliphatic hydroxyl groups is 1. The van der Waals surface area contributed by atoms with Gasteiger partial charge in [0.25, 0.3) is 0 Å². The molecule has 0 heterocycles. The molecule has 0 saturated heterocycles. The molecule has 0 bridgehead atoms. The Bertz CT molecular complexity index is 389. The molecule has 1 unspecified atom stereocenters. The van der Waals surface area contributed by atoms with Crippen LogP contribution in [0, 0.1) is 0 Å². The number of hydrogen-bond donors (Lipinski definition) is 2. The first-order valence-corrected chi connectivity index (χ1v) is 5.95. The Morgan fingerprint density at radius 1 is 1.47 bits per heavy atom. The average molecular weight is 270 g/mol. The number of rotatable bonds is 0. The summed E-state index contributed by atoms with van der Waals surface area (Å²) in [7, 11) is 0. The molecule has 82 valence electrons. The summed E-state index contributed by atoms with van der Waals surface area (Å²) in [5.41, 5.74) is 8.33. The molecule has 0 aliphatic heterocycles. The van der Waals surface area contributed by atoms with Gasteiger partial charge in [-0.3, -0.25) is 0 Å². The zero-order valence-corrected chi connectivity index (χ0v) is 10.6. The van der Waals surface area contributed by atoms with E-state index in [1.54, 1.807) is 0 Å². The number of hydrogen-bond acceptors (Lipinski definition) is 2. The Kier molecular flexibility index (Phi) is 2.65. The van der Waals surface area contributed by atoms with Crippen molar-refractivity contribution in [3.05, 3.63) is 33.8 Å². The van der Waals surface area contributed by atoms with Gasteiger partial charge in [-0.05, 0) is 35.1 Å². The predicted molar refractivity (Wildman–Crippen MR) is 64.7 cm³/mol. The molecule has 2 nitrogen and oxygen atoms in total. The second kappa shape index (κ2) is 3.58. The summed E-state index contributed by atoms with van der Waals surface area (Å²) in [5.74, 6) is 0. The molecule has 0 aromatic heterocycles. The predicted octanol–water partition coefficient (Wildman–Crippen LogP) is 2.49. The molecule has 1 aliphatic carbocycles. The smallest absolute Gasteiger partial charge is 0.0741 e. The van der Waals surface area contributed by atoms with E-state index in [0.29, 0.717) is 0 Å². The number of aliphatic hydroxyl groups excluding tert-OH is 1. The Hall–Kier alpha value is -0.380. The highest BCUT2D eigenvalue weighted by Gasteiger charge is 2.36. The normalized spacial score (nSPS) is 28.6. The second-order valence-corrected chi connectivity index (χ2v) is 5.83. The van der Waals surface area contributed by atoms with E-state index in [4.69, 9.17) is 5.73 Å². The first kappa shape index (κ1) is 11.1.